The zero-order valence-electron chi connectivity index (χ0n) is 9.18. The van der Waals surface area contributed by atoms with E-state index in [0.717, 1.165) is 13.0 Å². The van der Waals surface area contributed by atoms with Crippen LogP contribution in [0.25, 0.3) is 0 Å². The molecule has 0 aromatic rings. The predicted molar refractivity (Wildman–Crippen MR) is 55.6 cm³/mol. The first-order valence-corrected chi connectivity index (χ1v) is 5.38. The minimum absolute atomic E-state index is 0.00268. The largest absolute Gasteiger partial charge is 0.376 e. The second-order valence-electron chi connectivity index (χ2n) is 5.10. The van der Waals surface area contributed by atoms with Crippen molar-refractivity contribution in [1.29, 1.82) is 0 Å². The average Bonchev–Trinajstić information content (AvgIpc) is 2.34. The molecule has 2 heteroatoms. The minimum Gasteiger partial charge on any atom is -0.376 e. The first-order chi connectivity index (χ1) is 5.99. The molecular weight excluding hydrogens is 162 g/mol. The van der Waals surface area contributed by atoms with E-state index >= 15 is 0 Å². The number of hydrogen-bond acceptors (Lipinski definition) is 2. The molecule has 1 aliphatic carbocycles. The Labute approximate surface area is 81.8 Å². The van der Waals surface area contributed by atoms with E-state index in [0.29, 0.717) is 12.0 Å². The summed E-state index contributed by atoms with van der Waals surface area (Å²) in [5.41, 5.74) is 5.98. The van der Waals surface area contributed by atoms with Crippen molar-refractivity contribution in [1.82, 2.24) is 0 Å². The predicted octanol–water partition coefficient (Wildman–Crippen LogP) is 2.32. The first kappa shape index (κ1) is 11.0. The van der Waals surface area contributed by atoms with E-state index < -0.39 is 0 Å². The minimum atomic E-state index is 0.00268. The van der Waals surface area contributed by atoms with Crippen molar-refractivity contribution in [3.63, 3.8) is 0 Å². The van der Waals surface area contributed by atoms with Gasteiger partial charge >= 0.3 is 0 Å². The van der Waals surface area contributed by atoms with Gasteiger partial charge in [-0.3, -0.25) is 0 Å². The summed E-state index contributed by atoms with van der Waals surface area (Å²) in [5, 5.41) is 0. The Morgan fingerprint density at radius 1 is 1.31 bits per heavy atom. The lowest BCUT2D eigenvalue weighted by Gasteiger charge is -2.22. The van der Waals surface area contributed by atoms with E-state index in [2.05, 4.69) is 20.8 Å². The Balaban J connectivity index is 2.12. The zero-order chi connectivity index (χ0) is 9.90. The van der Waals surface area contributed by atoms with Crippen LogP contribution in [0.4, 0.5) is 0 Å². The van der Waals surface area contributed by atoms with Gasteiger partial charge in [0.05, 0.1) is 5.60 Å². The van der Waals surface area contributed by atoms with Gasteiger partial charge in [-0.2, -0.15) is 0 Å². The summed E-state index contributed by atoms with van der Waals surface area (Å²) in [6.45, 7) is 7.16. The van der Waals surface area contributed by atoms with Gasteiger partial charge in [-0.25, -0.2) is 0 Å². The maximum absolute atomic E-state index is 5.97. The summed E-state index contributed by atoms with van der Waals surface area (Å²) in [4.78, 5) is 0. The van der Waals surface area contributed by atoms with E-state index in [-0.39, 0.29) is 5.60 Å². The second-order valence-corrected chi connectivity index (χ2v) is 5.10. The van der Waals surface area contributed by atoms with Gasteiger partial charge in [-0.15, -0.1) is 0 Å². The fraction of sp³-hybridized carbons (Fsp3) is 1.00. The molecule has 0 spiro atoms. The fourth-order valence-electron chi connectivity index (χ4n) is 1.94. The molecule has 1 aliphatic rings. The molecule has 0 aromatic heterocycles. The van der Waals surface area contributed by atoms with Crippen LogP contribution in [-0.4, -0.2) is 18.2 Å². The van der Waals surface area contributed by atoms with Crippen molar-refractivity contribution >= 4 is 0 Å². The Bertz CT molecular complexity index is 151. The second kappa shape index (κ2) is 4.43. The standard InChI is InChI=1S/C11H23NO/c1-11(2,3)13-8-7-9-5-4-6-10(9)12/h9-10H,4-8,12H2,1-3H3. The van der Waals surface area contributed by atoms with E-state index in [1.54, 1.807) is 0 Å². The molecule has 0 radical (unpaired) electrons. The molecule has 2 N–H and O–H groups in total. The molecule has 78 valence electrons. The highest BCUT2D eigenvalue weighted by Crippen LogP contribution is 2.27. The Hall–Kier alpha value is -0.0800. The van der Waals surface area contributed by atoms with Crippen molar-refractivity contribution in [2.24, 2.45) is 11.7 Å². The smallest absolute Gasteiger partial charge is 0.0598 e. The van der Waals surface area contributed by atoms with E-state index in [9.17, 15) is 0 Å². The third-order valence-electron chi connectivity index (χ3n) is 2.74. The monoisotopic (exact) mass is 185 g/mol. The third-order valence-corrected chi connectivity index (χ3v) is 2.74. The highest BCUT2D eigenvalue weighted by atomic mass is 16.5. The lowest BCUT2D eigenvalue weighted by molar-refractivity contribution is -0.00960. The fourth-order valence-corrected chi connectivity index (χ4v) is 1.94. The van der Waals surface area contributed by atoms with Crippen LogP contribution in [-0.2, 0) is 4.74 Å². The van der Waals surface area contributed by atoms with Crippen LogP contribution in [0.2, 0.25) is 0 Å². The van der Waals surface area contributed by atoms with Crippen LogP contribution in [0.5, 0.6) is 0 Å². The van der Waals surface area contributed by atoms with Gasteiger partial charge in [-0.1, -0.05) is 6.42 Å². The highest BCUT2D eigenvalue weighted by molar-refractivity contribution is 4.79. The van der Waals surface area contributed by atoms with Gasteiger partial charge in [0, 0.05) is 12.6 Å². The topological polar surface area (TPSA) is 35.2 Å². The molecule has 0 aliphatic heterocycles. The lowest BCUT2D eigenvalue weighted by atomic mass is 10.0. The quantitative estimate of drug-likeness (QED) is 0.732. The molecule has 13 heavy (non-hydrogen) atoms. The molecule has 1 rings (SSSR count). The van der Waals surface area contributed by atoms with Gasteiger partial charge in [0.15, 0.2) is 0 Å². The van der Waals surface area contributed by atoms with Crippen molar-refractivity contribution in [2.75, 3.05) is 6.61 Å². The first-order valence-electron chi connectivity index (χ1n) is 5.38. The maximum Gasteiger partial charge on any atom is 0.0598 e. The molecule has 0 heterocycles. The van der Waals surface area contributed by atoms with E-state index in [1.165, 1.54) is 19.3 Å². The Morgan fingerprint density at radius 3 is 2.46 bits per heavy atom. The summed E-state index contributed by atoms with van der Waals surface area (Å²) in [7, 11) is 0. The highest BCUT2D eigenvalue weighted by Gasteiger charge is 2.23. The number of ether oxygens (including phenoxy) is 1. The normalized spacial score (nSPS) is 29.5. The van der Waals surface area contributed by atoms with Crippen molar-refractivity contribution in [2.45, 2.75) is 58.1 Å². The molecule has 1 saturated carbocycles. The SMILES string of the molecule is CC(C)(C)OCCC1CCCC1N. The Morgan fingerprint density at radius 2 is 2.00 bits per heavy atom. The van der Waals surface area contributed by atoms with Crippen molar-refractivity contribution in [3.8, 4) is 0 Å². The molecule has 1 fully saturated rings. The lowest BCUT2D eigenvalue weighted by Crippen LogP contribution is -2.27. The molecule has 0 amide bonds. The number of rotatable bonds is 3. The van der Waals surface area contributed by atoms with Crippen LogP contribution in [0, 0.1) is 5.92 Å². The zero-order valence-corrected chi connectivity index (χ0v) is 9.18. The van der Waals surface area contributed by atoms with E-state index in [1.807, 2.05) is 0 Å². The summed E-state index contributed by atoms with van der Waals surface area (Å²) < 4.78 is 5.68. The van der Waals surface area contributed by atoms with Crippen LogP contribution >= 0.6 is 0 Å². The molecule has 2 unspecified atom stereocenters. The van der Waals surface area contributed by atoms with Crippen LogP contribution < -0.4 is 5.73 Å². The summed E-state index contributed by atoms with van der Waals surface area (Å²) in [6, 6.07) is 0.434. The van der Waals surface area contributed by atoms with Crippen molar-refractivity contribution in [3.05, 3.63) is 0 Å². The van der Waals surface area contributed by atoms with Gasteiger partial charge in [0.25, 0.3) is 0 Å². The molecule has 2 atom stereocenters. The van der Waals surface area contributed by atoms with E-state index in [4.69, 9.17) is 10.5 Å². The third kappa shape index (κ3) is 4.10. The van der Waals surface area contributed by atoms with Crippen LogP contribution in [0.15, 0.2) is 0 Å². The summed E-state index contributed by atoms with van der Waals surface area (Å²) >= 11 is 0. The Kier molecular flexibility index (Phi) is 3.74. The molecular formula is C11H23NO. The summed E-state index contributed by atoms with van der Waals surface area (Å²) in [6.07, 6.45) is 4.95. The van der Waals surface area contributed by atoms with Gasteiger partial charge in [-0.05, 0) is 46.0 Å². The average molecular weight is 185 g/mol. The van der Waals surface area contributed by atoms with Gasteiger partial charge in [0.1, 0.15) is 0 Å². The molecule has 0 aromatic carbocycles. The molecule has 0 saturated heterocycles. The molecule has 2 nitrogen and oxygen atoms in total. The van der Waals surface area contributed by atoms with Crippen LogP contribution in [0.3, 0.4) is 0 Å². The summed E-state index contributed by atoms with van der Waals surface area (Å²) in [5.74, 6) is 0.711. The van der Waals surface area contributed by atoms with Crippen LogP contribution in [0.1, 0.15) is 46.5 Å². The van der Waals surface area contributed by atoms with Gasteiger partial charge < -0.3 is 10.5 Å². The number of hydrogen-bond donors (Lipinski definition) is 1. The van der Waals surface area contributed by atoms with Crippen molar-refractivity contribution < 1.29 is 4.74 Å². The maximum atomic E-state index is 5.97. The number of nitrogens with two attached hydrogens (primary N) is 1. The molecule has 0 bridgehead atoms. The van der Waals surface area contributed by atoms with Gasteiger partial charge in [0.2, 0.25) is 0 Å².